The average Bonchev–Trinajstić information content (AvgIpc) is 3.47. The Morgan fingerprint density at radius 1 is 1.00 bits per heavy atom. The molecule has 2 aliphatic heterocycles. The fraction of sp³-hybridized carbons (Fsp3) is 0.423. The molecule has 0 saturated carbocycles. The molecule has 33 heavy (non-hydrogen) atoms. The molecule has 0 aromatic heterocycles. The van der Waals surface area contributed by atoms with E-state index in [4.69, 9.17) is 4.74 Å². The molecule has 174 valence electrons. The first kappa shape index (κ1) is 22.8. The third kappa shape index (κ3) is 5.18. The lowest BCUT2D eigenvalue weighted by Crippen LogP contribution is -2.49. The van der Waals surface area contributed by atoms with Crippen LogP contribution in [0.2, 0.25) is 0 Å². The van der Waals surface area contributed by atoms with Crippen molar-refractivity contribution in [2.24, 2.45) is 0 Å². The number of carbonyl (C=O) groups is 3. The lowest BCUT2D eigenvalue weighted by molar-refractivity contribution is -0.139. The monoisotopic (exact) mass is 449 g/mol. The molecule has 7 heteroatoms. The van der Waals surface area contributed by atoms with Crippen LogP contribution in [0.3, 0.4) is 0 Å². The van der Waals surface area contributed by atoms with Crippen molar-refractivity contribution in [3.63, 3.8) is 0 Å². The smallest absolute Gasteiger partial charge is 0.410 e. The van der Waals surface area contributed by atoms with Crippen LogP contribution in [0.4, 0.5) is 4.79 Å². The number of likely N-dealkylation sites (tertiary alicyclic amines) is 1. The minimum atomic E-state index is -0.544. The highest BCUT2D eigenvalue weighted by atomic mass is 16.6. The number of benzene rings is 2. The second kappa shape index (κ2) is 10.1. The van der Waals surface area contributed by atoms with Gasteiger partial charge in [0, 0.05) is 6.54 Å². The zero-order valence-electron chi connectivity index (χ0n) is 19.2. The molecule has 3 amide bonds. The minimum Gasteiger partial charge on any atom is -0.448 e. The van der Waals surface area contributed by atoms with Crippen LogP contribution in [0.5, 0.6) is 0 Å². The van der Waals surface area contributed by atoms with E-state index in [2.05, 4.69) is 43.4 Å². The second-order valence-corrected chi connectivity index (χ2v) is 8.95. The molecular formula is C26H31N3O4. The van der Waals surface area contributed by atoms with Crippen LogP contribution in [0.1, 0.15) is 55.3 Å². The van der Waals surface area contributed by atoms with E-state index in [1.54, 1.807) is 4.90 Å². The average molecular weight is 450 g/mol. The quantitative estimate of drug-likeness (QED) is 0.702. The summed E-state index contributed by atoms with van der Waals surface area (Å²) < 4.78 is 4.91. The Labute approximate surface area is 194 Å². The molecule has 2 heterocycles. The summed E-state index contributed by atoms with van der Waals surface area (Å²) in [5.74, 6) is 0.0328. The molecule has 0 bridgehead atoms. The zero-order chi connectivity index (χ0) is 23.4. The number of nitrogens with zero attached hydrogens (tertiary/aromatic N) is 2. The summed E-state index contributed by atoms with van der Waals surface area (Å²) >= 11 is 0. The fourth-order valence-corrected chi connectivity index (χ4v) is 4.48. The number of rotatable bonds is 7. The summed E-state index contributed by atoms with van der Waals surface area (Å²) in [6.45, 7) is 5.46. The van der Waals surface area contributed by atoms with Crippen molar-refractivity contribution in [2.75, 3.05) is 26.2 Å². The number of cyclic esters (lactones) is 1. The SMILES string of the molecule is CC(C)c1ccc([C@@H](NC(=O)C2CCCN2C(=O)CN2CCOC2=O)c2ccccc2)cc1. The Morgan fingerprint density at radius 2 is 1.67 bits per heavy atom. The number of ether oxygens (including phenoxy) is 1. The Hall–Kier alpha value is -3.35. The molecule has 2 aromatic carbocycles. The molecule has 0 radical (unpaired) electrons. The number of hydrogen-bond donors (Lipinski definition) is 1. The number of amides is 3. The fourth-order valence-electron chi connectivity index (χ4n) is 4.48. The van der Waals surface area contributed by atoms with Crippen LogP contribution in [-0.4, -0.2) is 60.0 Å². The molecule has 2 atom stereocenters. The third-order valence-corrected chi connectivity index (χ3v) is 6.40. The summed E-state index contributed by atoms with van der Waals surface area (Å²) in [7, 11) is 0. The molecule has 4 rings (SSSR count). The van der Waals surface area contributed by atoms with E-state index in [1.165, 1.54) is 10.5 Å². The van der Waals surface area contributed by atoms with Crippen molar-refractivity contribution in [1.29, 1.82) is 0 Å². The highest BCUT2D eigenvalue weighted by Gasteiger charge is 2.37. The maximum atomic E-state index is 13.4. The minimum absolute atomic E-state index is 0.0542. The molecular weight excluding hydrogens is 418 g/mol. The van der Waals surface area contributed by atoms with Gasteiger partial charge in [-0.15, -0.1) is 0 Å². The number of nitrogens with one attached hydrogen (secondary N) is 1. The van der Waals surface area contributed by atoms with E-state index in [1.807, 2.05) is 30.3 Å². The van der Waals surface area contributed by atoms with Crippen molar-refractivity contribution >= 4 is 17.9 Å². The molecule has 7 nitrogen and oxygen atoms in total. The summed E-state index contributed by atoms with van der Waals surface area (Å²) in [4.78, 5) is 41.0. The van der Waals surface area contributed by atoms with Gasteiger partial charge < -0.3 is 15.0 Å². The molecule has 0 spiro atoms. The van der Waals surface area contributed by atoms with Crippen LogP contribution in [0.15, 0.2) is 54.6 Å². The van der Waals surface area contributed by atoms with Gasteiger partial charge in [-0.25, -0.2) is 4.79 Å². The van der Waals surface area contributed by atoms with E-state index in [0.717, 1.165) is 17.5 Å². The van der Waals surface area contributed by atoms with Gasteiger partial charge in [-0.1, -0.05) is 68.4 Å². The predicted molar refractivity (Wildman–Crippen MR) is 125 cm³/mol. The Morgan fingerprint density at radius 3 is 2.30 bits per heavy atom. The molecule has 2 aliphatic rings. The van der Waals surface area contributed by atoms with Crippen molar-refractivity contribution in [3.8, 4) is 0 Å². The van der Waals surface area contributed by atoms with Gasteiger partial charge in [-0.05, 0) is 35.4 Å². The molecule has 1 unspecified atom stereocenters. The van der Waals surface area contributed by atoms with Crippen molar-refractivity contribution in [3.05, 3.63) is 71.3 Å². The maximum Gasteiger partial charge on any atom is 0.410 e. The standard InChI is InChI=1S/C26H31N3O4/c1-18(2)19-10-12-21(13-11-19)24(20-7-4-3-5-8-20)27-25(31)22-9-6-14-29(22)23(30)17-28-15-16-33-26(28)32/h3-5,7-8,10-13,18,22,24H,6,9,14-17H2,1-2H3,(H,27,31)/t22?,24-/m0/s1. The predicted octanol–water partition coefficient (Wildman–Crippen LogP) is 3.46. The van der Waals surface area contributed by atoms with Crippen molar-refractivity contribution < 1.29 is 19.1 Å². The largest absolute Gasteiger partial charge is 0.448 e. The van der Waals surface area contributed by atoms with E-state index in [-0.39, 0.29) is 24.4 Å². The highest BCUT2D eigenvalue weighted by Crippen LogP contribution is 2.26. The summed E-state index contributed by atoms with van der Waals surface area (Å²) in [6.07, 6.45) is 0.890. The van der Waals surface area contributed by atoms with Crippen LogP contribution in [0, 0.1) is 0 Å². The first-order valence-corrected chi connectivity index (χ1v) is 11.6. The molecule has 2 aromatic rings. The molecule has 0 aliphatic carbocycles. The Bertz CT molecular complexity index is 990. The third-order valence-electron chi connectivity index (χ3n) is 6.40. The van der Waals surface area contributed by atoms with E-state index in [0.29, 0.717) is 32.0 Å². The van der Waals surface area contributed by atoms with Crippen molar-refractivity contribution in [1.82, 2.24) is 15.1 Å². The normalized spacial score (nSPS) is 19.0. The number of carbonyl (C=O) groups excluding carboxylic acids is 3. The van der Waals surface area contributed by atoms with Crippen LogP contribution >= 0.6 is 0 Å². The maximum absolute atomic E-state index is 13.4. The second-order valence-electron chi connectivity index (χ2n) is 8.95. The lowest BCUT2D eigenvalue weighted by Gasteiger charge is -2.28. The van der Waals surface area contributed by atoms with Gasteiger partial charge in [-0.3, -0.25) is 14.5 Å². The lowest BCUT2D eigenvalue weighted by atomic mass is 9.95. The van der Waals surface area contributed by atoms with Gasteiger partial charge in [-0.2, -0.15) is 0 Å². The van der Waals surface area contributed by atoms with Gasteiger partial charge in [0.1, 0.15) is 19.2 Å². The molecule has 2 fully saturated rings. The summed E-state index contributed by atoms with van der Waals surface area (Å²) in [6, 6.07) is 17.3. The Balaban J connectivity index is 1.51. The molecule has 1 N–H and O–H groups in total. The van der Waals surface area contributed by atoms with E-state index < -0.39 is 12.1 Å². The molecule has 2 saturated heterocycles. The first-order valence-electron chi connectivity index (χ1n) is 11.6. The van der Waals surface area contributed by atoms with E-state index >= 15 is 0 Å². The topological polar surface area (TPSA) is 79.0 Å². The van der Waals surface area contributed by atoms with Gasteiger partial charge in [0.25, 0.3) is 0 Å². The van der Waals surface area contributed by atoms with Gasteiger partial charge >= 0.3 is 6.09 Å². The zero-order valence-corrected chi connectivity index (χ0v) is 19.2. The summed E-state index contributed by atoms with van der Waals surface area (Å²) in [5.41, 5.74) is 3.22. The van der Waals surface area contributed by atoms with Gasteiger partial charge in [0.15, 0.2) is 0 Å². The van der Waals surface area contributed by atoms with E-state index in [9.17, 15) is 14.4 Å². The van der Waals surface area contributed by atoms with Gasteiger partial charge in [0.2, 0.25) is 11.8 Å². The number of hydrogen-bond acceptors (Lipinski definition) is 4. The summed E-state index contributed by atoms with van der Waals surface area (Å²) in [5, 5.41) is 3.19. The van der Waals surface area contributed by atoms with Crippen LogP contribution in [0.25, 0.3) is 0 Å². The van der Waals surface area contributed by atoms with Crippen LogP contribution in [-0.2, 0) is 14.3 Å². The van der Waals surface area contributed by atoms with Crippen molar-refractivity contribution in [2.45, 2.75) is 44.7 Å². The Kier molecular flexibility index (Phi) is 6.96. The van der Waals surface area contributed by atoms with Crippen LogP contribution < -0.4 is 5.32 Å². The highest BCUT2D eigenvalue weighted by molar-refractivity contribution is 5.90. The first-order chi connectivity index (χ1) is 15.9. The van der Waals surface area contributed by atoms with Gasteiger partial charge in [0.05, 0.1) is 12.6 Å².